The summed E-state index contributed by atoms with van der Waals surface area (Å²) in [5.41, 5.74) is 4.45. The standard InChI is InChI=1S/C11H16N2O/c1-2-13-6-5-9-7-11(12-14)4-3-10(9)8-13/h3-4,7H,2,5-6,8,12H2,1H3. The van der Waals surface area contributed by atoms with Crippen LogP contribution in [0.25, 0.3) is 0 Å². The molecule has 0 atom stereocenters. The molecule has 0 saturated heterocycles. The van der Waals surface area contributed by atoms with Crippen LogP contribution >= 0.6 is 0 Å². The summed E-state index contributed by atoms with van der Waals surface area (Å²) in [4.78, 5) is 2.42. The molecule has 2 rings (SSSR count). The van der Waals surface area contributed by atoms with Gasteiger partial charge in [0.05, 0.1) is 0 Å². The first-order chi connectivity index (χ1) is 6.83. The van der Waals surface area contributed by atoms with Crippen molar-refractivity contribution in [1.82, 2.24) is 4.90 Å². The van der Waals surface area contributed by atoms with Gasteiger partial charge in [0, 0.05) is 19.2 Å². The van der Waals surface area contributed by atoms with Gasteiger partial charge < -0.3 is 10.7 Å². The number of fused-ring (bicyclic) bond motifs is 1. The third kappa shape index (κ3) is 1.80. The fourth-order valence-electron chi connectivity index (χ4n) is 1.97. The van der Waals surface area contributed by atoms with Crippen LogP contribution in [0.3, 0.4) is 0 Å². The van der Waals surface area contributed by atoms with Crippen LogP contribution in [0.2, 0.25) is 0 Å². The fraction of sp³-hybridized carbons (Fsp3) is 0.455. The van der Waals surface area contributed by atoms with Gasteiger partial charge in [0.1, 0.15) is 5.69 Å². The van der Waals surface area contributed by atoms with Crippen LogP contribution in [0.4, 0.5) is 5.69 Å². The summed E-state index contributed by atoms with van der Waals surface area (Å²) >= 11 is 0. The van der Waals surface area contributed by atoms with Gasteiger partial charge in [-0.05, 0) is 30.2 Å². The number of quaternary nitrogens is 1. The van der Waals surface area contributed by atoms with Crippen molar-refractivity contribution in [3.8, 4) is 0 Å². The highest BCUT2D eigenvalue weighted by Gasteiger charge is 2.14. The second-order valence-corrected chi connectivity index (χ2v) is 3.76. The van der Waals surface area contributed by atoms with Crippen LogP contribution < -0.4 is 5.48 Å². The van der Waals surface area contributed by atoms with Crippen LogP contribution in [-0.2, 0) is 13.0 Å². The number of rotatable bonds is 2. The van der Waals surface area contributed by atoms with Crippen molar-refractivity contribution in [2.45, 2.75) is 19.9 Å². The van der Waals surface area contributed by atoms with Crippen LogP contribution in [0.5, 0.6) is 0 Å². The topological polar surface area (TPSA) is 42.9 Å². The van der Waals surface area contributed by atoms with Crippen molar-refractivity contribution in [1.29, 1.82) is 0 Å². The molecule has 0 bridgehead atoms. The number of likely N-dealkylation sites (N-methyl/N-ethyl adjacent to an activating group) is 1. The van der Waals surface area contributed by atoms with Gasteiger partial charge >= 0.3 is 0 Å². The van der Waals surface area contributed by atoms with Crippen LogP contribution in [0, 0.1) is 5.21 Å². The van der Waals surface area contributed by atoms with Crippen LogP contribution in [0.15, 0.2) is 18.2 Å². The van der Waals surface area contributed by atoms with E-state index < -0.39 is 0 Å². The second-order valence-electron chi connectivity index (χ2n) is 3.76. The van der Waals surface area contributed by atoms with E-state index in [0.29, 0.717) is 0 Å². The molecule has 14 heavy (non-hydrogen) atoms. The molecule has 1 aromatic carbocycles. The molecule has 1 aliphatic heterocycles. The van der Waals surface area contributed by atoms with Crippen molar-refractivity contribution in [3.05, 3.63) is 34.5 Å². The fourth-order valence-corrected chi connectivity index (χ4v) is 1.97. The molecule has 3 nitrogen and oxygen atoms in total. The van der Waals surface area contributed by atoms with Crippen molar-refractivity contribution < 1.29 is 5.48 Å². The van der Waals surface area contributed by atoms with E-state index in [1.54, 1.807) is 0 Å². The molecule has 0 aliphatic carbocycles. The smallest absolute Gasteiger partial charge is 0.129 e. The first kappa shape index (κ1) is 9.65. The zero-order chi connectivity index (χ0) is 9.97. The molecule has 0 fully saturated rings. The molecule has 0 amide bonds. The summed E-state index contributed by atoms with van der Waals surface area (Å²) < 4.78 is 0. The third-order valence-corrected chi connectivity index (χ3v) is 2.90. The zero-order valence-corrected chi connectivity index (χ0v) is 8.49. The Morgan fingerprint density at radius 1 is 1.43 bits per heavy atom. The summed E-state index contributed by atoms with van der Waals surface area (Å²) in [6.45, 7) is 5.44. The molecule has 1 aromatic rings. The van der Waals surface area contributed by atoms with E-state index in [1.807, 2.05) is 12.1 Å². The lowest BCUT2D eigenvalue weighted by Crippen LogP contribution is -2.70. The SMILES string of the molecule is CCN1CCc2cc([NH2+][O-])ccc2C1. The van der Waals surface area contributed by atoms with Gasteiger partial charge in [-0.25, -0.2) is 0 Å². The Labute approximate surface area is 84.3 Å². The number of benzene rings is 1. The lowest BCUT2D eigenvalue weighted by Gasteiger charge is -2.27. The van der Waals surface area contributed by atoms with Crippen molar-refractivity contribution in [2.24, 2.45) is 0 Å². The van der Waals surface area contributed by atoms with Crippen molar-refractivity contribution in [3.63, 3.8) is 0 Å². The number of nitrogens with two attached hydrogens (primary N) is 1. The number of hydrogen-bond acceptors (Lipinski definition) is 2. The number of nitrogens with zero attached hydrogens (tertiary/aromatic N) is 1. The molecule has 0 unspecified atom stereocenters. The molecule has 2 N–H and O–H groups in total. The molecule has 0 aromatic heterocycles. The minimum absolute atomic E-state index is 0.800. The quantitative estimate of drug-likeness (QED) is 0.555. The monoisotopic (exact) mass is 192 g/mol. The molecular formula is C11H16N2O. The van der Waals surface area contributed by atoms with Gasteiger partial charge in [-0.1, -0.05) is 13.0 Å². The van der Waals surface area contributed by atoms with Gasteiger partial charge in [-0.15, -0.1) is 0 Å². The maximum Gasteiger partial charge on any atom is 0.129 e. The molecule has 1 aliphatic rings. The van der Waals surface area contributed by atoms with Gasteiger partial charge in [0.15, 0.2) is 0 Å². The Bertz CT molecular complexity index is 325. The first-order valence-corrected chi connectivity index (χ1v) is 5.13. The zero-order valence-electron chi connectivity index (χ0n) is 8.49. The van der Waals surface area contributed by atoms with Crippen LogP contribution in [0.1, 0.15) is 18.1 Å². The van der Waals surface area contributed by atoms with E-state index in [2.05, 4.69) is 17.9 Å². The summed E-state index contributed by atoms with van der Waals surface area (Å²) in [5.74, 6) is 0. The maximum atomic E-state index is 10.6. The predicted octanol–water partition coefficient (Wildman–Crippen LogP) is 0.757. The average Bonchev–Trinajstić information content (AvgIpc) is 2.27. The molecule has 0 spiro atoms. The minimum Gasteiger partial charge on any atom is -0.630 e. The van der Waals surface area contributed by atoms with Crippen molar-refractivity contribution in [2.75, 3.05) is 13.1 Å². The first-order valence-electron chi connectivity index (χ1n) is 5.13. The molecule has 0 saturated carbocycles. The molecule has 76 valence electrons. The Hall–Kier alpha value is -0.900. The van der Waals surface area contributed by atoms with E-state index in [4.69, 9.17) is 0 Å². The van der Waals surface area contributed by atoms with E-state index in [0.717, 1.165) is 37.2 Å². The predicted molar refractivity (Wildman–Crippen MR) is 56.0 cm³/mol. The van der Waals surface area contributed by atoms with E-state index in [-0.39, 0.29) is 0 Å². The second kappa shape index (κ2) is 4.09. The lowest BCUT2D eigenvalue weighted by molar-refractivity contribution is -0.497. The number of hydrogen-bond donors (Lipinski definition) is 1. The Balaban J connectivity index is 2.23. The molecule has 3 heteroatoms. The van der Waals surface area contributed by atoms with E-state index in [9.17, 15) is 5.21 Å². The largest absolute Gasteiger partial charge is 0.630 e. The highest BCUT2D eigenvalue weighted by molar-refractivity contribution is 5.40. The van der Waals surface area contributed by atoms with Gasteiger partial charge in [-0.3, -0.25) is 4.90 Å². The van der Waals surface area contributed by atoms with Crippen molar-refractivity contribution >= 4 is 5.69 Å². The Kier molecular flexibility index (Phi) is 2.82. The lowest BCUT2D eigenvalue weighted by atomic mass is 9.99. The Morgan fingerprint density at radius 3 is 3.00 bits per heavy atom. The summed E-state index contributed by atoms with van der Waals surface area (Å²) in [6.07, 6.45) is 1.07. The highest BCUT2D eigenvalue weighted by Crippen LogP contribution is 2.20. The highest BCUT2D eigenvalue weighted by atomic mass is 16.5. The average molecular weight is 192 g/mol. The molecule has 0 radical (unpaired) electrons. The van der Waals surface area contributed by atoms with E-state index >= 15 is 0 Å². The van der Waals surface area contributed by atoms with E-state index in [1.165, 1.54) is 11.1 Å². The normalized spacial score (nSPS) is 16.7. The van der Waals surface area contributed by atoms with Gasteiger partial charge in [0.2, 0.25) is 0 Å². The third-order valence-electron chi connectivity index (χ3n) is 2.90. The maximum absolute atomic E-state index is 10.6. The van der Waals surface area contributed by atoms with Crippen LogP contribution in [-0.4, -0.2) is 18.0 Å². The minimum atomic E-state index is 0.800. The molecular weight excluding hydrogens is 176 g/mol. The van der Waals surface area contributed by atoms with Gasteiger partial charge in [0.25, 0.3) is 0 Å². The summed E-state index contributed by atoms with van der Waals surface area (Å²) in [7, 11) is 0. The summed E-state index contributed by atoms with van der Waals surface area (Å²) in [5, 5.41) is 10.6. The molecule has 1 heterocycles. The van der Waals surface area contributed by atoms with Gasteiger partial charge in [-0.2, -0.15) is 0 Å². The Morgan fingerprint density at radius 2 is 2.29 bits per heavy atom. The summed E-state index contributed by atoms with van der Waals surface area (Å²) in [6, 6.07) is 6.02.